The molecule has 2 aromatic rings. The lowest BCUT2D eigenvalue weighted by Gasteiger charge is -2.20. The number of hydrogen-bond donors (Lipinski definition) is 0. The lowest BCUT2D eigenvalue weighted by atomic mass is 9.95. The molecule has 0 bridgehead atoms. The molecule has 0 unspecified atom stereocenters. The van der Waals surface area contributed by atoms with Crippen LogP contribution in [0.4, 0.5) is 0 Å². The maximum atomic E-state index is 6.17. The summed E-state index contributed by atoms with van der Waals surface area (Å²) >= 11 is 0. The van der Waals surface area contributed by atoms with Gasteiger partial charge >= 0.3 is 0 Å². The number of aromatic nitrogens is 2. The van der Waals surface area contributed by atoms with Gasteiger partial charge in [0.2, 0.25) is 5.88 Å². The van der Waals surface area contributed by atoms with Crippen molar-refractivity contribution in [3.8, 4) is 17.1 Å². The predicted octanol–water partition coefficient (Wildman–Crippen LogP) is 5.76. The highest BCUT2D eigenvalue weighted by Crippen LogP contribution is 2.32. The quantitative estimate of drug-likeness (QED) is 0.642. The van der Waals surface area contributed by atoms with Crippen LogP contribution in [-0.2, 0) is 12.8 Å². The van der Waals surface area contributed by atoms with E-state index in [1.54, 1.807) is 0 Å². The predicted molar refractivity (Wildman–Crippen MR) is 105 cm³/mol. The fraction of sp³-hybridized carbons (Fsp3) is 0.545. The molecule has 25 heavy (non-hydrogen) atoms. The first-order chi connectivity index (χ1) is 11.9. The Hall–Kier alpha value is -1.90. The molecule has 0 radical (unpaired) electrons. The third kappa shape index (κ3) is 4.20. The second kappa shape index (κ2) is 8.46. The van der Waals surface area contributed by atoms with Crippen molar-refractivity contribution >= 4 is 0 Å². The second-order valence-corrected chi connectivity index (χ2v) is 6.81. The Morgan fingerprint density at radius 2 is 1.40 bits per heavy atom. The number of nitrogens with zero attached hydrogens (tertiary/aromatic N) is 2. The first-order valence-electron chi connectivity index (χ1n) is 9.59. The largest absolute Gasteiger partial charge is 0.473 e. The average molecular weight is 341 g/mol. The molecule has 1 heterocycles. The lowest BCUT2D eigenvalue weighted by Crippen LogP contribution is -2.17. The van der Waals surface area contributed by atoms with Gasteiger partial charge in [-0.25, -0.2) is 9.97 Å². The van der Waals surface area contributed by atoms with Crippen LogP contribution in [0.5, 0.6) is 5.88 Å². The summed E-state index contributed by atoms with van der Waals surface area (Å²) in [6.45, 7) is 15.0. The Morgan fingerprint density at radius 3 is 1.88 bits per heavy atom. The fourth-order valence-corrected chi connectivity index (χ4v) is 3.43. The van der Waals surface area contributed by atoms with Crippen LogP contribution < -0.4 is 4.74 Å². The molecule has 0 fully saturated rings. The summed E-state index contributed by atoms with van der Waals surface area (Å²) in [4.78, 5) is 9.91. The van der Waals surface area contributed by atoms with Gasteiger partial charge < -0.3 is 4.74 Å². The van der Waals surface area contributed by atoms with E-state index in [0.29, 0.717) is 0 Å². The molecule has 0 aliphatic carbocycles. The average Bonchev–Trinajstić information content (AvgIpc) is 2.58. The topological polar surface area (TPSA) is 35.0 Å². The minimum atomic E-state index is 0.206. The van der Waals surface area contributed by atoms with E-state index in [2.05, 4.69) is 60.6 Å². The number of aryl methyl sites for hydroxylation is 5. The minimum absolute atomic E-state index is 0.206. The van der Waals surface area contributed by atoms with Gasteiger partial charge in [0, 0.05) is 5.56 Å². The van der Waals surface area contributed by atoms with Crippen LogP contribution in [0.25, 0.3) is 11.3 Å². The molecule has 0 amide bonds. The monoisotopic (exact) mass is 340 g/mol. The molecule has 0 saturated carbocycles. The van der Waals surface area contributed by atoms with Gasteiger partial charge in [-0.1, -0.05) is 45.4 Å². The molecule has 1 aromatic heterocycles. The van der Waals surface area contributed by atoms with Crippen molar-refractivity contribution in [3.05, 3.63) is 40.2 Å². The van der Waals surface area contributed by atoms with E-state index in [4.69, 9.17) is 14.7 Å². The molecule has 0 atom stereocenters. The third-order valence-electron chi connectivity index (χ3n) is 4.78. The molecule has 0 spiro atoms. The Balaban J connectivity index is 2.61. The number of hydrogen-bond acceptors (Lipinski definition) is 3. The van der Waals surface area contributed by atoms with Crippen LogP contribution in [0.15, 0.2) is 12.1 Å². The molecule has 0 aliphatic rings. The Bertz CT molecular complexity index is 710. The highest BCUT2D eigenvalue weighted by molar-refractivity contribution is 5.70. The molecule has 3 nitrogen and oxygen atoms in total. The van der Waals surface area contributed by atoms with Gasteiger partial charge in [-0.3, -0.25) is 0 Å². The van der Waals surface area contributed by atoms with Gasteiger partial charge in [0.05, 0.1) is 17.5 Å². The zero-order chi connectivity index (χ0) is 18.6. The van der Waals surface area contributed by atoms with Crippen molar-refractivity contribution in [1.82, 2.24) is 9.97 Å². The molecule has 136 valence electrons. The Labute approximate surface area is 152 Å². The number of ether oxygens (including phenoxy) is 1. The van der Waals surface area contributed by atoms with Gasteiger partial charge in [-0.2, -0.15) is 0 Å². The van der Waals surface area contributed by atoms with E-state index in [1.807, 2.05) is 0 Å². The molecule has 0 aliphatic heterocycles. The first-order valence-corrected chi connectivity index (χ1v) is 9.59. The van der Waals surface area contributed by atoms with Gasteiger partial charge in [-0.05, 0) is 57.6 Å². The highest BCUT2D eigenvalue weighted by atomic mass is 16.5. The van der Waals surface area contributed by atoms with Crippen molar-refractivity contribution in [1.29, 1.82) is 0 Å². The van der Waals surface area contributed by atoms with Crippen molar-refractivity contribution in [2.24, 2.45) is 0 Å². The van der Waals surface area contributed by atoms with Crippen LogP contribution in [-0.4, -0.2) is 16.1 Å². The van der Waals surface area contributed by atoms with E-state index in [0.717, 1.165) is 48.6 Å². The summed E-state index contributed by atoms with van der Waals surface area (Å²) in [6.07, 6.45) is 3.85. The van der Waals surface area contributed by atoms with Crippen LogP contribution in [0.1, 0.15) is 68.6 Å². The standard InChI is InChI=1S/C22H32N2O/c1-8-17(9-2)25-22-19(11-4)23-21(18(10-3)24-22)20-15(6)12-14(5)13-16(20)7/h12-13,17H,8-11H2,1-7H3. The number of rotatable bonds is 7. The summed E-state index contributed by atoms with van der Waals surface area (Å²) in [6, 6.07) is 4.45. The van der Waals surface area contributed by atoms with E-state index in [9.17, 15) is 0 Å². The highest BCUT2D eigenvalue weighted by Gasteiger charge is 2.19. The molecule has 3 heteroatoms. The number of benzene rings is 1. The summed E-state index contributed by atoms with van der Waals surface area (Å²) in [5.74, 6) is 0.721. The molecule has 2 rings (SSSR count). The molecule has 0 N–H and O–H groups in total. The zero-order valence-corrected chi connectivity index (χ0v) is 16.9. The van der Waals surface area contributed by atoms with Crippen molar-refractivity contribution in [3.63, 3.8) is 0 Å². The van der Waals surface area contributed by atoms with Crippen molar-refractivity contribution in [2.45, 2.75) is 80.3 Å². The minimum Gasteiger partial charge on any atom is -0.473 e. The van der Waals surface area contributed by atoms with Crippen molar-refractivity contribution < 1.29 is 4.74 Å². The maximum Gasteiger partial charge on any atom is 0.236 e. The van der Waals surface area contributed by atoms with E-state index >= 15 is 0 Å². The maximum absolute atomic E-state index is 6.17. The molecule has 1 aromatic carbocycles. The summed E-state index contributed by atoms with van der Waals surface area (Å²) in [7, 11) is 0. The smallest absolute Gasteiger partial charge is 0.236 e. The normalized spacial score (nSPS) is 11.2. The second-order valence-electron chi connectivity index (χ2n) is 6.81. The lowest BCUT2D eigenvalue weighted by molar-refractivity contribution is 0.181. The molecule has 0 saturated heterocycles. The Morgan fingerprint density at radius 1 is 0.840 bits per heavy atom. The van der Waals surface area contributed by atoms with Gasteiger partial charge in [0.15, 0.2) is 0 Å². The molecular formula is C22H32N2O. The van der Waals surface area contributed by atoms with E-state index in [-0.39, 0.29) is 6.10 Å². The Kier molecular flexibility index (Phi) is 6.57. The van der Waals surface area contributed by atoms with Crippen LogP contribution in [0, 0.1) is 20.8 Å². The van der Waals surface area contributed by atoms with Crippen LogP contribution in [0.3, 0.4) is 0 Å². The fourth-order valence-electron chi connectivity index (χ4n) is 3.43. The zero-order valence-electron chi connectivity index (χ0n) is 16.9. The first kappa shape index (κ1) is 19.4. The van der Waals surface area contributed by atoms with Gasteiger partial charge in [0.25, 0.3) is 0 Å². The van der Waals surface area contributed by atoms with Crippen LogP contribution >= 0.6 is 0 Å². The van der Waals surface area contributed by atoms with Crippen LogP contribution in [0.2, 0.25) is 0 Å². The van der Waals surface area contributed by atoms with E-state index in [1.165, 1.54) is 22.3 Å². The molecular weight excluding hydrogens is 308 g/mol. The van der Waals surface area contributed by atoms with Crippen molar-refractivity contribution in [2.75, 3.05) is 0 Å². The summed E-state index contributed by atoms with van der Waals surface area (Å²) in [5.41, 5.74) is 8.03. The summed E-state index contributed by atoms with van der Waals surface area (Å²) in [5, 5.41) is 0. The van der Waals surface area contributed by atoms with Gasteiger partial charge in [0.1, 0.15) is 5.69 Å². The third-order valence-corrected chi connectivity index (χ3v) is 4.78. The SMILES string of the molecule is CCc1nc(-c2c(C)cc(C)cc2C)c(CC)nc1OC(CC)CC. The van der Waals surface area contributed by atoms with E-state index < -0.39 is 0 Å². The van der Waals surface area contributed by atoms with Gasteiger partial charge in [-0.15, -0.1) is 0 Å². The summed E-state index contributed by atoms with van der Waals surface area (Å²) < 4.78 is 6.17.